The highest BCUT2D eigenvalue weighted by Gasteiger charge is 2.32. The van der Waals surface area contributed by atoms with Crippen LogP contribution in [-0.4, -0.2) is 12.3 Å². The van der Waals surface area contributed by atoms with Gasteiger partial charge in [0.25, 0.3) is 0 Å². The zero-order valence-corrected chi connectivity index (χ0v) is 15.6. The first-order chi connectivity index (χ1) is 10.9. The Morgan fingerprint density at radius 1 is 0.913 bits per heavy atom. The molecule has 122 valence electrons. The molecule has 0 saturated heterocycles. The highest BCUT2D eigenvalue weighted by atomic mass is 14.8. The average Bonchev–Trinajstić information content (AvgIpc) is 2.55. The minimum absolute atomic E-state index is 0.107. The molecule has 0 unspecified atom stereocenters. The number of hydrogen-bond acceptors (Lipinski definition) is 1. The highest BCUT2D eigenvalue weighted by Crippen LogP contribution is 2.37. The number of fused-ring (bicyclic) bond motifs is 1. The predicted octanol–water partition coefficient (Wildman–Crippen LogP) is 5.77. The zero-order valence-electron chi connectivity index (χ0n) is 15.6. The minimum Gasteiger partial charge on any atom is -0.283 e. The van der Waals surface area contributed by atoms with Crippen molar-refractivity contribution in [2.45, 2.75) is 53.9 Å². The molecule has 0 saturated carbocycles. The molecule has 0 amide bonds. The molecule has 1 aliphatic heterocycles. The van der Waals surface area contributed by atoms with Crippen molar-refractivity contribution < 1.29 is 0 Å². The predicted molar refractivity (Wildman–Crippen MR) is 102 cm³/mol. The summed E-state index contributed by atoms with van der Waals surface area (Å²) in [6.07, 6.45) is 0. The normalized spacial score (nSPS) is 15.2. The van der Waals surface area contributed by atoms with E-state index in [1.54, 1.807) is 0 Å². The Morgan fingerprint density at radius 3 is 2.13 bits per heavy atom. The van der Waals surface area contributed by atoms with Gasteiger partial charge in [-0.3, -0.25) is 4.99 Å². The van der Waals surface area contributed by atoms with Gasteiger partial charge in [-0.25, -0.2) is 0 Å². The molecule has 2 aromatic carbocycles. The SMILES string of the molecule is CC.Cc1cc2c(c(C)c1C)C(C)(C)CN=C2c1ccccc1. The Labute approximate surface area is 141 Å². The monoisotopic (exact) mass is 307 g/mol. The van der Waals surface area contributed by atoms with Gasteiger partial charge in [0.1, 0.15) is 0 Å². The molecule has 0 aromatic heterocycles. The van der Waals surface area contributed by atoms with E-state index in [0.29, 0.717) is 0 Å². The quantitative estimate of drug-likeness (QED) is 0.634. The van der Waals surface area contributed by atoms with Crippen LogP contribution in [0.3, 0.4) is 0 Å². The molecule has 2 aromatic rings. The summed E-state index contributed by atoms with van der Waals surface area (Å²) >= 11 is 0. The Morgan fingerprint density at radius 2 is 1.52 bits per heavy atom. The van der Waals surface area contributed by atoms with E-state index in [0.717, 1.165) is 12.3 Å². The van der Waals surface area contributed by atoms with Gasteiger partial charge in [0.05, 0.1) is 5.71 Å². The Hall–Kier alpha value is -1.89. The van der Waals surface area contributed by atoms with Crippen molar-refractivity contribution in [3.05, 3.63) is 69.8 Å². The first-order valence-electron chi connectivity index (χ1n) is 8.63. The molecule has 23 heavy (non-hydrogen) atoms. The lowest BCUT2D eigenvalue weighted by Crippen LogP contribution is -2.31. The Kier molecular flexibility index (Phi) is 5.09. The van der Waals surface area contributed by atoms with Gasteiger partial charge in [-0.1, -0.05) is 58.0 Å². The molecule has 0 radical (unpaired) electrons. The summed E-state index contributed by atoms with van der Waals surface area (Å²) in [4.78, 5) is 4.92. The third kappa shape index (κ3) is 3.10. The van der Waals surface area contributed by atoms with Gasteiger partial charge in [0.2, 0.25) is 0 Å². The summed E-state index contributed by atoms with van der Waals surface area (Å²) in [5, 5.41) is 0. The maximum Gasteiger partial charge on any atom is 0.0722 e. The van der Waals surface area contributed by atoms with Crippen molar-refractivity contribution in [1.29, 1.82) is 0 Å². The first-order valence-corrected chi connectivity index (χ1v) is 8.63. The Bertz CT molecular complexity index is 721. The Balaban J connectivity index is 0.000000924. The number of aryl methyl sites for hydroxylation is 1. The fourth-order valence-electron chi connectivity index (χ4n) is 3.42. The van der Waals surface area contributed by atoms with Crippen LogP contribution in [0, 0.1) is 20.8 Å². The van der Waals surface area contributed by atoms with Gasteiger partial charge in [0.15, 0.2) is 0 Å². The lowest BCUT2D eigenvalue weighted by Gasteiger charge is -2.34. The molecule has 1 heterocycles. The summed E-state index contributed by atoms with van der Waals surface area (Å²) in [5.74, 6) is 0. The largest absolute Gasteiger partial charge is 0.283 e. The van der Waals surface area contributed by atoms with Crippen molar-refractivity contribution in [3.8, 4) is 0 Å². The molecular weight excluding hydrogens is 278 g/mol. The van der Waals surface area contributed by atoms with Crippen LogP contribution in [-0.2, 0) is 5.41 Å². The number of nitrogens with zero attached hydrogens (tertiary/aromatic N) is 1. The van der Waals surface area contributed by atoms with E-state index in [-0.39, 0.29) is 5.41 Å². The third-order valence-electron chi connectivity index (χ3n) is 4.77. The fraction of sp³-hybridized carbons (Fsp3) is 0.409. The molecule has 0 fully saturated rings. The number of rotatable bonds is 1. The number of hydrogen-bond donors (Lipinski definition) is 0. The van der Waals surface area contributed by atoms with E-state index < -0.39 is 0 Å². The van der Waals surface area contributed by atoms with Crippen LogP contribution in [0.4, 0.5) is 0 Å². The van der Waals surface area contributed by atoms with Crippen LogP contribution in [0.15, 0.2) is 41.4 Å². The molecule has 0 atom stereocenters. The molecule has 1 aliphatic rings. The van der Waals surface area contributed by atoms with Crippen molar-refractivity contribution in [2.24, 2.45) is 4.99 Å². The molecule has 0 spiro atoms. The van der Waals surface area contributed by atoms with E-state index in [2.05, 4.69) is 71.0 Å². The highest BCUT2D eigenvalue weighted by molar-refractivity contribution is 6.15. The van der Waals surface area contributed by atoms with Gasteiger partial charge in [0, 0.05) is 23.1 Å². The summed E-state index contributed by atoms with van der Waals surface area (Å²) in [6.45, 7) is 16.2. The summed E-state index contributed by atoms with van der Waals surface area (Å²) < 4.78 is 0. The lowest BCUT2D eigenvalue weighted by atomic mass is 9.73. The summed E-state index contributed by atoms with van der Waals surface area (Å²) in [6, 6.07) is 12.9. The van der Waals surface area contributed by atoms with Crippen LogP contribution in [0.25, 0.3) is 0 Å². The maximum atomic E-state index is 4.92. The van der Waals surface area contributed by atoms with Crippen LogP contribution in [0.1, 0.15) is 61.1 Å². The molecule has 1 heteroatoms. The van der Waals surface area contributed by atoms with Gasteiger partial charge in [-0.05, 0) is 49.1 Å². The molecule has 3 rings (SSSR count). The summed E-state index contributed by atoms with van der Waals surface area (Å²) in [7, 11) is 0. The molecule has 1 nitrogen and oxygen atoms in total. The third-order valence-corrected chi connectivity index (χ3v) is 4.77. The molecule has 0 aliphatic carbocycles. The van der Waals surface area contributed by atoms with Crippen LogP contribution in [0.2, 0.25) is 0 Å². The minimum atomic E-state index is 0.107. The second-order valence-corrected chi connectivity index (χ2v) is 6.78. The maximum absolute atomic E-state index is 4.92. The van der Waals surface area contributed by atoms with Crippen LogP contribution in [0.5, 0.6) is 0 Å². The standard InChI is InChI=1S/C20H23N.C2H6/c1-13-11-17-18(15(3)14(13)2)20(4,5)12-21-19(17)16-9-7-6-8-10-16;1-2/h6-11H,12H2,1-5H3;1-2H3. The van der Waals surface area contributed by atoms with E-state index in [1.165, 1.54) is 33.4 Å². The molecule has 0 N–H and O–H groups in total. The van der Waals surface area contributed by atoms with E-state index >= 15 is 0 Å². The van der Waals surface area contributed by atoms with Gasteiger partial charge < -0.3 is 0 Å². The number of benzene rings is 2. The first kappa shape index (κ1) is 17.5. The molecule has 0 bridgehead atoms. The van der Waals surface area contributed by atoms with E-state index in [4.69, 9.17) is 4.99 Å². The fourth-order valence-corrected chi connectivity index (χ4v) is 3.42. The topological polar surface area (TPSA) is 12.4 Å². The van der Waals surface area contributed by atoms with E-state index in [9.17, 15) is 0 Å². The van der Waals surface area contributed by atoms with Crippen molar-refractivity contribution in [1.82, 2.24) is 0 Å². The van der Waals surface area contributed by atoms with Crippen LogP contribution >= 0.6 is 0 Å². The molecular formula is C22H29N. The lowest BCUT2D eigenvalue weighted by molar-refractivity contribution is 0.528. The zero-order chi connectivity index (χ0) is 17.2. The second kappa shape index (κ2) is 6.70. The van der Waals surface area contributed by atoms with Gasteiger partial charge >= 0.3 is 0 Å². The van der Waals surface area contributed by atoms with Crippen molar-refractivity contribution in [2.75, 3.05) is 6.54 Å². The summed E-state index contributed by atoms with van der Waals surface area (Å²) in [5.41, 5.74) is 9.46. The van der Waals surface area contributed by atoms with Gasteiger partial charge in [-0.2, -0.15) is 0 Å². The average molecular weight is 307 g/mol. The number of aliphatic imine (C=N–C) groups is 1. The smallest absolute Gasteiger partial charge is 0.0722 e. The van der Waals surface area contributed by atoms with Crippen LogP contribution < -0.4 is 0 Å². The van der Waals surface area contributed by atoms with Gasteiger partial charge in [-0.15, -0.1) is 0 Å². The van der Waals surface area contributed by atoms with Crippen molar-refractivity contribution >= 4 is 5.71 Å². The van der Waals surface area contributed by atoms with E-state index in [1.807, 2.05) is 13.8 Å². The second-order valence-electron chi connectivity index (χ2n) is 6.78. The van der Waals surface area contributed by atoms with Crippen molar-refractivity contribution in [3.63, 3.8) is 0 Å².